The summed E-state index contributed by atoms with van der Waals surface area (Å²) in [6, 6.07) is 4.54. The van der Waals surface area contributed by atoms with Crippen LogP contribution in [0.5, 0.6) is 0 Å². The van der Waals surface area contributed by atoms with E-state index in [1.54, 1.807) is 19.0 Å². The van der Waals surface area contributed by atoms with E-state index in [1.165, 1.54) is 5.56 Å². The molecule has 32 heavy (non-hydrogen) atoms. The van der Waals surface area contributed by atoms with Crippen molar-refractivity contribution in [2.45, 2.75) is 32.2 Å². The number of pyridine rings is 1. The largest absolute Gasteiger partial charge is 0.379 e. The molecule has 0 atom stereocenters. The Morgan fingerprint density at radius 3 is 2.62 bits per heavy atom. The molecule has 0 radical (unpaired) electrons. The van der Waals surface area contributed by atoms with E-state index in [4.69, 9.17) is 4.74 Å². The van der Waals surface area contributed by atoms with Crippen LogP contribution in [0.25, 0.3) is 0 Å². The number of nitrogens with zero attached hydrogens (tertiary/aromatic N) is 5. The summed E-state index contributed by atoms with van der Waals surface area (Å²) in [7, 11) is 3.52. The Kier molecular flexibility index (Phi) is 9.55. The number of aryl methyl sites for hydroxylation is 1. The van der Waals surface area contributed by atoms with Crippen molar-refractivity contribution in [3.8, 4) is 0 Å². The van der Waals surface area contributed by atoms with E-state index >= 15 is 0 Å². The second-order valence-corrected chi connectivity index (χ2v) is 8.79. The Bertz CT molecular complexity index is 724. The number of carbonyl (C=O) groups excluding carboxylic acids is 1. The molecule has 0 saturated carbocycles. The average Bonchev–Trinajstić information content (AvgIpc) is 2.81. The number of hydrogen-bond acceptors (Lipinski definition) is 6. The Morgan fingerprint density at radius 2 is 1.97 bits per heavy atom. The van der Waals surface area contributed by atoms with Crippen LogP contribution < -0.4 is 15.5 Å². The fraction of sp³-hybridized carbons (Fsp3) is 0.696. The second-order valence-electron chi connectivity index (χ2n) is 8.79. The van der Waals surface area contributed by atoms with Gasteiger partial charge in [0.25, 0.3) is 0 Å². The first-order valence-corrected chi connectivity index (χ1v) is 11.7. The van der Waals surface area contributed by atoms with Crippen molar-refractivity contribution in [2.24, 2.45) is 4.99 Å². The Labute approximate surface area is 192 Å². The third kappa shape index (κ3) is 7.94. The lowest BCUT2D eigenvalue weighted by Gasteiger charge is -2.34. The topological polar surface area (TPSA) is 85.3 Å². The average molecular weight is 446 g/mol. The van der Waals surface area contributed by atoms with E-state index in [1.807, 2.05) is 6.20 Å². The van der Waals surface area contributed by atoms with Gasteiger partial charge in [-0.05, 0) is 44.4 Å². The Balaban J connectivity index is 1.47. The van der Waals surface area contributed by atoms with E-state index in [9.17, 15) is 4.79 Å². The fourth-order valence-electron chi connectivity index (χ4n) is 3.87. The van der Waals surface area contributed by atoms with Crippen LogP contribution in [0, 0.1) is 6.92 Å². The maximum absolute atomic E-state index is 12.0. The highest BCUT2D eigenvalue weighted by molar-refractivity contribution is 5.84. The number of guanidine groups is 1. The highest BCUT2D eigenvalue weighted by atomic mass is 16.5. The minimum Gasteiger partial charge on any atom is -0.379 e. The van der Waals surface area contributed by atoms with Crippen molar-refractivity contribution >= 4 is 17.7 Å². The number of hydrogen-bond donors (Lipinski definition) is 2. The van der Waals surface area contributed by atoms with Crippen LogP contribution in [0.4, 0.5) is 5.82 Å². The molecule has 0 spiro atoms. The van der Waals surface area contributed by atoms with Crippen molar-refractivity contribution in [2.75, 3.05) is 78.0 Å². The van der Waals surface area contributed by atoms with Gasteiger partial charge in [-0.1, -0.05) is 6.07 Å². The number of amides is 1. The Morgan fingerprint density at radius 1 is 1.22 bits per heavy atom. The third-order valence-electron chi connectivity index (χ3n) is 5.97. The molecule has 2 fully saturated rings. The molecule has 2 saturated heterocycles. The molecular formula is C23H39N7O2. The Hall–Kier alpha value is -2.39. The molecule has 2 aliphatic rings. The van der Waals surface area contributed by atoms with E-state index in [0.717, 1.165) is 83.5 Å². The number of morpholine rings is 1. The van der Waals surface area contributed by atoms with Crippen LogP contribution in [0.3, 0.4) is 0 Å². The van der Waals surface area contributed by atoms with Crippen molar-refractivity contribution in [3.05, 3.63) is 23.9 Å². The monoisotopic (exact) mass is 445 g/mol. The van der Waals surface area contributed by atoms with Gasteiger partial charge in [0.05, 0.1) is 13.2 Å². The summed E-state index contributed by atoms with van der Waals surface area (Å²) in [5, 5.41) is 6.99. The van der Waals surface area contributed by atoms with Gasteiger partial charge in [0.2, 0.25) is 5.91 Å². The fourth-order valence-corrected chi connectivity index (χ4v) is 3.87. The SMILES string of the molecule is Cc1ccc(N2CCC(NC(=NCC(=O)N(C)C)NCCCN3CCOCC3)CC2)nc1. The van der Waals surface area contributed by atoms with Gasteiger partial charge in [0, 0.05) is 59.1 Å². The standard InChI is InChI=1S/C23H39N7O2/c1-19-5-6-21(25-17-19)30-11-7-20(8-12-30)27-23(26-18-22(31)28(2)3)24-9-4-10-29-13-15-32-16-14-29/h5-6,17,20H,4,7-16,18H2,1-3H3,(H2,24,26,27). The molecule has 1 amide bonds. The highest BCUT2D eigenvalue weighted by Crippen LogP contribution is 2.18. The number of anilines is 1. The number of nitrogens with one attached hydrogen (secondary N) is 2. The van der Waals surface area contributed by atoms with E-state index in [2.05, 4.69) is 49.5 Å². The first-order chi connectivity index (χ1) is 15.5. The molecule has 2 N–H and O–H groups in total. The maximum atomic E-state index is 12.0. The van der Waals surface area contributed by atoms with E-state index in [0.29, 0.717) is 6.04 Å². The number of ether oxygens (including phenoxy) is 1. The van der Waals surface area contributed by atoms with Crippen LogP contribution in [0.2, 0.25) is 0 Å². The molecule has 178 valence electrons. The van der Waals surface area contributed by atoms with Gasteiger partial charge in [-0.25, -0.2) is 9.98 Å². The molecule has 1 aromatic heterocycles. The highest BCUT2D eigenvalue weighted by Gasteiger charge is 2.21. The van der Waals surface area contributed by atoms with Gasteiger partial charge in [-0.2, -0.15) is 0 Å². The summed E-state index contributed by atoms with van der Waals surface area (Å²) in [4.78, 5) is 27.5. The molecule has 0 unspecified atom stereocenters. The predicted molar refractivity (Wildman–Crippen MR) is 128 cm³/mol. The summed E-state index contributed by atoms with van der Waals surface area (Å²) >= 11 is 0. The summed E-state index contributed by atoms with van der Waals surface area (Å²) in [6.07, 6.45) is 4.96. The predicted octanol–water partition coefficient (Wildman–Crippen LogP) is 0.705. The van der Waals surface area contributed by atoms with Gasteiger partial charge in [-0.15, -0.1) is 0 Å². The summed E-state index contributed by atoms with van der Waals surface area (Å²) < 4.78 is 5.41. The molecule has 1 aromatic rings. The molecule has 0 aromatic carbocycles. The zero-order chi connectivity index (χ0) is 22.8. The zero-order valence-corrected chi connectivity index (χ0v) is 19.8. The van der Waals surface area contributed by atoms with Crippen molar-refractivity contribution < 1.29 is 9.53 Å². The molecule has 3 rings (SSSR count). The first kappa shape index (κ1) is 24.3. The molecule has 0 aliphatic carbocycles. The summed E-state index contributed by atoms with van der Waals surface area (Å²) in [6.45, 7) is 9.64. The number of rotatable bonds is 8. The normalized spacial score (nSPS) is 18.5. The van der Waals surface area contributed by atoms with Crippen LogP contribution >= 0.6 is 0 Å². The van der Waals surface area contributed by atoms with Gasteiger partial charge in [-0.3, -0.25) is 9.69 Å². The molecular weight excluding hydrogens is 406 g/mol. The second kappa shape index (κ2) is 12.6. The minimum atomic E-state index is -0.000295. The van der Waals surface area contributed by atoms with Crippen molar-refractivity contribution in [3.63, 3.8) is 0 Å². The summed E-state index contributed by atoms with van der Waals surface area (Å²) in [5.41, 5.74) is 1.18. The number of aliphatic imine (C=N–C) groups is 1. The number of carbonyl (C=O) groups is 1. The molecule has 3 heterocycles. The zero-order valence-electron chi connectivity index (χ0n) is 19.8. The smallest absolute Gasteiger partial charge is 0.243 e. The van der Waals surface area contributed by atoms with Gasteiger partial charge < -0.3 is 25.2 Å². The van der Waals surface area contributed by atoms with Crippen LogP contribution in [0.1, 0.15) is 24.8 Å². The summed E-state index contributed by atoms with van der Waals surface area (Å²) in [5.74, 6) is 1.77. The molecule has 9 heteroatoms. The number of piperidine rings is 1. The van der Waals surface area contributed by atoms with Gasteiger partial charge in [0.1, 0.15) is 12.4 Å². The quantitative estimate of drug-likeness (QED) is 0.346. The number of likely N-dealkylation sites (N-methyl/N-ethyl adjacent to an activating group) is 1. The lowest BCUT2D eigenvalue weighted by atomic mass is 10.1. The van der Waals surface area contributed by atoms with Gasteiger partial charge in [0.15, 0.2) is 5.96 Å². The molecule has 9 nitrogen and oxygen atoms in total. The first-order valence-electron chi connectivity index (χ1n) is 11.7. The minimum absolute atomic E-state index is 0.000295. The van der Waals surface area contributed by atoms with Crippen LogP contribution in [0.15, 0.2) is 23.3 Å². The lowest BCUT2D eigenvalue weighted by Crippen LogP contribution is -2.49. The molecule has 0 bridgehead atoms. The van der Waals surface area contributed by atoms with E-state index in [-0.39, 0.29) is 12.5 Å². The van der Waals surface area contributed by atoms with Crippen molar-refractivity contribution in [1.29, 1.82) is 0 Å². The van der Waals surface area contributed by atoms with Gasteiger partial charge >= 0.3 is 0 Å². The van der Waals surface area contributed by atoms with Crippen LogP contribution in [-0.4, -0.2) is 106 Å². The maximum Gasteiger partial charge on any atom is 0.243 e. The van der Waals surface area contributed by atoms with Crippen molar-refractivity contribution in [1.82, 2.24) is 25.4 Å². The third-order valence-corrected chi connectivity index (χ3v) is 5.97. The lowest BCUT2D eigenvalue weighted by molar-refractivity contribution is -0.127. The number of aromatic nitrogens is 1. The van der Waals surface area contributed by atoms with Crippen LogP contribution in [-0.2, 0) is 9.53 Å². The van der Waals surface area contributed by atoms with E-state index < -0.39 is 0 Å². The molecule has 2 aliphatic heterocycles.